The summed E-state index contributed by atoms with van der Waals surface area (Å²) in [6, 6.07) is 12.3. The van der Waals surface area contributed by atoms with Gasteiger partial charge in [-0.05, 0) is 30.7 Å². The third-order valence-electron chi connectivity index (χ3n) is 4.16. The van der Waals surface area contributed by atoms with E-state index in [0.29, 0.717) is 0 Å². The number of anilines is 2. The van der Waals surface area contributed by atoms with Gasteiger partial charge >= 0.3 is 0 Å². The highest BCUT2D eigenvalue weighted by Gasteiger charge is 2.26. The number of nitrogens with one attached hydrogen (secondary N) is 1. The molecule has 0 radical (unpaired) electrons. The molecule has 1 aliphatic heterocycles. The van der Waals surface area contributed by atoms with E-state index in [1.54, 1.807) is 6.33 Å². The van der Waals surface area contributed by atoms with Gasteiger partial charge in [-0.15, -0.1) is 0 Å². The van der Waals surface area contributed by atoms with Crippen molar-refractivity contribution in [3.63, 3.8) is 0 Å². The molecule has 0 amide bonds. The van der Waals surface area contributed by atoms with Gasteiger partial charge in [-0.25, -0.2) is 4.98 Å². The van der Waals surface area contributed by atoms with Crippen molar-refractivity contribution in [1.29, 1.82) is 0 Å². The Balaban J connectivity index is 1.85. The van der Waals surface area contributed by atoms with Gasteiger partial charge in [-0.3, -0.25) is 0 Å². The van der Waals surface area contributed by atoms with Crippen LogP contribution in [0.1, 0.15) is 26.2 Å². The Kier molecular flexibility index (Phi) is 3.22. The molecule has 2 heterocycles. The molecule has 0 spiro atoms. The summed E-state index contributed by atoms with van der Waals surface area (Å²) >= 11 is 0. The van der Waals surface area contributed by atoms with Crippen LogP contribution in [-0.2, 0) is 0 Å². The Morgan fingerprint density at radius 1 is 1.09 bits per heavy atom. The molecule has 0 saturated carbocycles. The summed E-state index contributed by atoms with van der Waals surface area (Å²) in [6.45, 7) is 3.21. The number of H-pyrrole nitrogens is 1. The molecular weight excluding hydrogens is 274 g/mol. The number of ether oxygens (including phenoxy) is 1. The van der Waals surface area contributed by atoms with Crippen LogP contribution in [0.5, 0.6) is 11.5 Å². The van der Waals surface area contributed by atoms with Crippen LogP contribution in [0.3, 0.4) is 0 Å². The SMILES string of the molecule is CCCCCN1c2ccccc2Oc2ccc3[nH]cnc3c21. The van der Waals surface area contributed by atoms with Crippen molar-refractivity contribution in [3.05, 3.63) is 42.7 Å². The first-order valence-electron chi connectivity index (χ1n) is 7.89. The van der Waals surface area contributed by atoms with Crippen molar-refractivity contribution in [2.45, 2.75) is 26.2 Å². The van der Waals surface area contributed by atoms with E-state index in [9.17, 15) is 0 Å². The number of aromatic amines is 1. The Morgan fingerprint density at radius 3 is 2.91 bits per heavy atom. The fourth-order valence-corrected chi connectivity index (χ4v) is 3.08. The molecule has 0 unspecified atom stereocenters. The minimum Gasteiger partial charge on any atom is -0.453 e. The normalized spacial score (nSPS) is 12.9. The lowest BCUT2D eigenvalue weighted by atomic mass is 10.1. The molecule has 22 heavy (non-hydrogen) atoms. The first-order valence-corrected chi connectivity index (χ1v) is 7.89. The fraction of sp³-hybridized carbons (Fsp3) is 0.278. The summed E-state index contributed by atoms with van der Waals surface area (Å²) in [7, 11) is 0. The maximum Gasteiger partial charge on any atom is 0.153 e. The predicted molar refractivity (Wildman–Crippen MR) is 89.1 cm³/mol. The molecule has 4 heteroatoms. The van der Waals surface area contributed by atoms with Gasteiger partial charge in [0.1, 0.15) is 11.2 Å². The third-order valence-corrected chi connectivity index (χ3v) is 4.16. The number of hydrogen-bond donors (Lipinski definition) is 1. The highest BCUT2D eigenvalue weighted by atomic mass is 16.5. The van der Waals surface area contributed by atoms with Crippen molar-refractivity contribution in [2.75, 3.05) is 11.4 Å². The lowest BCUT2D eigenvalue weighted by Crippen LogP contribution is -2.22. The van der Waals surface area contributed by atoms with Crippen LogP contribution in [-0.4, -0.2) is 16.5 Å². The van der Waals surface area contributed by atoms with Crippen LogP contribution in [0.2, 0.25) is 0 Å². The first-order chi connectivity index (χ1) is 10.9. The second-order valence-corrected chi connectivity index (χ2v) is 5.64. The van der Waals surface area contributed by atoms with Crippen LogP contribution in [0.15, 0.2) is 42.7 Å². The van der Waals surface area contributed by atoms with Crippen molar-refractivity contribution < 1.29 is 4.74 Å². The van der Waals surface area contributed by atoms with E-state index in [1.165, 1.54) is 12.8 Å². The number of hydrogen-bond acceptors (Lipinski definition) is 3. The number of aromatic nitrogens is 2. The maximum atomic E-state index is 6.10. The number of para-hydroxylation sites is 2. The van der Waals surface area contributed by atoms with Crippen LogP contribution >= 0.6 is 0 Å². The van der Waals surface area contributed by atoms with Gasteiger partial charge in [-0.1, -0.05) is 31.9 Å². The van der Waals surface area contributed by atoms with Crippen molar-refractivity contribution >= 4 is 22.4 Å². The Hall–Kier alpha value is -2.49. The molecule has 0 saturated heterocycles. The average molecular weight is 293 g/mol. The van der Waals surface area contributed by atoms with E-state index in [4.69, 9.17) is 4.74 Å². The van der Waals surface area contributed by atoms with E-state index < -0.39 is 0 Å². The molecular formula is C18H19N3O. The number of imidazole rings is 1. The third kappa shape index (κ3) is 2.03. The summed E-state index contributed by atoms with van der Waals surface area (Å²) in [4.78, 5) is 10.0. The van der Waals surface area contributed by atoms with E-state index in [1.807, 2.05) is 24.3 Å². The minimum absolute atomic E-state index is 0.884. The van der Waals surface area contributed by atoms with Gasteiger partial charge in [0.05, 0.1) is 17.5 Å². The standard InChI is InChI=1S/C18H19N3O/c1-2-3-6-11-21-14-7-4-5-8-15(14)22-16-10-9-13-17(18(16)21)20-12-19-13/h4-5,7-10,12H,2-3,6,11H2,1H3,(H,19,20). The summed E-state index contributed by atoms with van der Waals surface area (Å²) in [5.41, 5.74) is 4.22. The van der Waals surface area contributed by atoms with Crippen molar-refractivity contribution in [2.24, 2.45) is 0 Å². The smallest absolute Gasteiger partial charge is 0.153 e. The van der Waals surface area contributed by atoms with E-state index in [-0.39, 0.29) is 0 Å². The average Bonchev–Trinajstić information content (AvgIpc) is 3.03. The summed E-state index contributed by atoms with van der Waals surface area (Å²) in [5.74, 6) is 1.80. The molecule has 0 aliphatic carbocycles. The van der Waals surface area contributed by atoms with E-state index in [2.05, 4.69) is 33.9 Å². The van der Waals surface area contributed by atoms with Gasteiger partial charge in [0.25, 0.3) is 0 Å². The van der Waals surface area contributed by atoms with Crippen LogP contribution in [0.25, 0.3) is 11.0 Å². The monoisotopic (exact) mass is 293 g/mol. The van der Waals surface area contributed by atoms with Gasteiger partial charge in [0.15, 0.2) is 11.5 Å². The quantitative estimate of drug-likeness (QED) is 0.688. The molecule has 112 valence electrons. The Morgan fingerprint density at radius 2 is 2.00 bits per heavy atom. The number of nitrogens with zero attached hydrogens (tertiary/aromatic N) is 2. The zero-order valence-corrected chi connectivity index (χ0v) is 12.7. The first kappa shape index (κ1) is 13.2. The van der Waals surface area contributed by atoms with E-state index >= 15 is 0 Å². The Labute approximate surface area is 129 Å². The summed E-state index contributed by atoms with van der Waals surface area (Å²) in [5, 5.41) is 0. The largest absolute Gasteiger partial charge is 0.453 e. The molecule has 4 rings (SSSR count). The number of unbranched alkanes of at least 4 members (excludes halogenated alkanes) is 2. The second kappa shape index (κ2) is 5.37. The summed E-state index contributed by atoms with van der Waals surface area (Å²) < 4.78 is 6.10. The molecule has 0 fully saturated rings. The molecule has 4 nitrogen and oxygen atoms in total. The molecule has 3 aromatic rings. The highest BCUT2D eigenvalue weighted by molar-refractivity contribution is 5.97. The molecule has 1 aromatic heterocycles. The number of fused-ring (bicyclic) bond motifs is 4. The fourth-order valence-electron chi connectivity index (χ4n) is 3.08. The predicted octanol–water partition coefficient (Wildman–Crippen LogP) is 5.00. The Bertz CT molecular complexity index is 809. The lowest BCUT2D eigenvalue weighted by Gasteiger charge is -2.32. The molecule has 0 bridgehead atoms. The van der Waals surface area contributed by atoms with Gasteiger partial charge < -0.3 is 14.6 Å². The van der Waals surface area contributed by atoms with Crippen molar-refractivity contribution in [3.8, 4) is 11.5 Å². The van der Waals surface area contributed by atoms with Gasteiger partial charge in [-0.2, -0.15) is 0 Å². The van der Waals surface area contributed by atoms with Crippen LogP contribution < -0.4 is 9.64 Å². The van der Waals surface area contributed by atoms with Gasteiger partial charge in [0, 0.05) is 6.54 Å². The minimum atomic E-state index is 0.884. The van der Waals surface area contributed by atoms with Gasteiger partial charge in [0.2, 0.25) is 0 Å². The zero-order chi connectivity index (χ0) is 14.9. The zero-order valence-electron chi connectivity index (χ0n) is 12.7. The molecule has 0 atom stereocenters. The van der Waals surface area contributed by atoms with E-state index in [0.717, 1.165) is 46.9 Å². The second-order valence-electron chi connectivity index (χ2n) is 5.64. The molecule has 1 aliphatic rings. The number of rotatable bonds is 4. The molecule has 1 N–H and O–H groups in total. The van der Waals surface area contributed by atoms with Crippen LogP contribution in [0, 0.1) is 0 Å². The molecule has 2 aromatic carbocycles. The lowest BCUT2D eigenvalue weighted by molar-refractivity contribution is 0.473. The van der Waals surface area contributed by atoms with Crippen LogP contribution in [0.4, 0.5) is 11.4 Å². The maximum absolute atomic E-state index is 6.10. The topological polar surface area (TPSA) is 41.1 Å². The van der Waals surface area contributed by atoms with Crippen molar-refractivity contribution in [1.82, 2.24) is 9.97 Å². The summed E-state index contributed by atoms with van der Waals surface area (Å²) in [6.07, 6.45) is 5.34. The number of benzene rings is 2. The highest BCUT2D eigenvalue weighted by Crippen LogP contribution is 2.48.